The summed E-state index contributed by atoms with van der Waals surface area (Å²) in [5, 5.41) is 7.07. The topological polar surface area (TPSA) is 41.1 Å². The maximum Gasteiger partial charge on any atom is 0.223 e. The fourth-order valence-electron chi connectivity index (χ4n) is 4.95. The van der Waals surface area contributed by atoms with E-state index in [1.807, 2.05) is 0 Å². The lowest BCUT2D eigenvalue weighted by atomic mass is 9.79. The van der Waals surface area contributed by atoms with E-state index in [2.05, 4.69) is 24.5 Å². The Morgan fingerprint density at radius 1 is 1.04 bits per heavy atom. The van der Waals surface area contributed by atoms with Crippen LogP contribution >= 0.6 is 12.4 Å². The molecule has 1 aliphatic carbocycles. The van der Waals surface area contributed by atoms with Crippen LogP contribution in [0.5, 0.6) is 0 Å². The van der Waals surface area contributed by atoms with E-state index in [0.29, 0.717) is 30.0 Å². The number of halogens is 1. The summed E-state index contributed by atoms with van der Waals surface area (Å²) < 4.78 is 0. The number of hydrogen-bond acceptors (Lipinski definition) is 2. The standard InChI is InChI=1S/C19H34N2O.ClH/c1-13(2)18(10-14-6-4-3-5-7-14)19(22)21-17-11-15-8-9-16(12-17)20-15;/h13-18,20H,3-12H2,1-2H3,(H,21,22);1H. The van der Waals surface area contributed by atoms with Gasteiger partial charge in [-0.1, -0.05) is 46.0 Å². The Bertz CT molecular complexity index is 370. The van der Waals surface area contributed by atoms with Crippen molar-refractivity contribution in [3.8, 4) is 0 Å². The Morgan fingerprint density at radius 2 is 1.65 bits per heavy atom. The highest BCUT2D eigenvalue weighted by Crippen LogP contribution is 2.32. The Balaban J connectivity index is 0.00000192. The van der Waals surface area contributed by atoms with Crippen LogP contribution in [0.3, 0.4) is 0 Å². The zero-order valence-electron chi connectivity index (χ0n) is 14.9. The van der Waals surface area contributed by atoms with Gasteiger partial charge in [-0.2, -0.15) is 0 Å². The third-order valence-electron chi connectivity index (χ3n) is 6.27. The summed E-state index contributed by atoms with van der Waals surface area (Å²) in [5.74, 6) is 1.80. The molecule has 0 aromatic heterocycles. The molecular weight excluding hydrogens is 308 g/mol. The Labute approximate surface area is 148 Å². The van der Waals surface area contributed by atoms with E-state index >= 15 is 0 Å². The van der Waals surface area contributed by atoms with Gasteiger partial charge in [0.05, 0.1) is 0 Å². The molecule has 3 aliphatic rings. The van der Waals surface area contributed by atoms with Crippen LogP contribution in [0.2, 0.25) is 0 Å². The summed E-state index contributed by atoms with van der Waals surface area (Å²) in [6.45, 7) is 4.44. The molecule has 3 rings (SSSR count). The summed E-state index contributed by atoms with van der Waals surface area (Å²) >= 11 is 0. The number of hydrogen-bond donors (Lipinski definition) is 2. The van der Waals surface area contributed by atoms with Crippen LogP contribution < -0.4 is 10.6 Å². The first kappa shape index (κ1) is 19.1. The largest absolute Gasteiger partial charge is 0.353 e. The van der Waals surface area contributed by atoms with E-state index in [9.17, 15) is 4.79 Å². The quantitative estimate of drug-likeness (QED) is 0.791. The number of amides is 1. The van der Waals surface area contributed by atoms with E-state index in [4.69, 9.17) is 0 Å². The van der Waals surface area contributed by atoms with Crippen molar-refractivity contribution in [3.05, 3.63) is 0 Å². The zero-order chi connectivity index (χ0) is 15.5. The molecule has 3 atom stereocenters. The molecule has 2 heterocycles. The SMILES string of the molecule is CC(C)C(CC1CCCCC1)C(=O)NC1CC2CCC(C1)N2.Cl. The van der Waals surface area contributed by atoms with Crippen molar-refractivity contribution in [1.82, 2.24) is 10.6 Å². The monoisotopic (exact) mass is 342 g/mol. The minimum atomic E-state index is 0. The molecule has 23 heavy (non-hydrogen) atoms. The Hall–Kier alpha value is -0.280. The number of nitrogens with one attached hydrogen (secondary N) is 2. The van der Waals surface area contributed by atoms with Gasteiger partial charge in [0.25, 0.3) is 0 Å². The summed E-state index contributed by atoms with van der Waals surface area (Å²) in [6, 6.07) is 1.72. The highest BCUT2D eigenvalue weighted by molar-refractivity contribution is 5.85. The van der Waals surface area contributed by atoms with E-state index < -0.39 is 0 Å². The highest BCUT2D eigenvalue weighted by Gasteiger charge is 2.35. The maximum atomic E-state index is 12.8. The van der Waals surface area contributed by atoms with Crippen molar-refractivity contribution in [2.24, 2.45) is 17.8 Å². The fraction of sp³-hybridized carbons (Fsp3) is 0.947. The second kappa shape index (κ2) is 8.71. The van der Waals surface area contributed by atoms with Crippen LogP contribution in [0.4, 0.5) is 0 Å². The smallest absolute Gasteiger partial charge is 0.223 e. The van der Waals surface area contributed by atoms with Crippen LogP contribution in [-0.2, 0) is 4.79 Å². The number of piperidine rings is 1. The van der Waals surface area contributed by atoms with E-state index in [0.717, 1.165) is 25.2 Å². The lowest BCUT2D eigenvalue weighted by Crippen LogP contribution is -2.50. The van der Waals surface area contributed by atoms with Crippen molar-refractivity contribution in [3.63, 3.8) is 0 Å². The first-order valence-corrected chi connectivity index (χ1v) is 9.68. The van der Waals surface area contributed by atoms with Gasteiger partial charge in [-0.05, 0) is 43.9 Å². The third-order valence-corrected chi connectivity index (χ3v) is 6.27. The Morgan fingerprint density at radius 3 is 2.22 bits per heavy atom. The summed E-state index contributed by atoms with van der Waals surface area (Å²) in [7, 11) is 0. The normalized spacial score (nSPS) is 32.4. The van der Waals surface area contributed by atoms with Crippen molar-refractivity contribution in [2.75, 3.05) is 0 Å². The van der Waals surface area contributed by atoms with Gasteiger partial charge < -0.3 is 10.6 Å². The van der Waals surface area contributed by atoms with Gasteiger partial charge in [0.1, 0.15) is 0 Å². The number of carbonyl (C=O) groups excluding carboxylic acids is 1. The molecule has 3 fully saturated rings. The first-order chi connectivity index (χ1) is 10.6. The van der Waals surface area contributed by atoms with Crippen molar-refractivity contribution in [2.45, 2.75) is 96.2 Å². The number of carbonyl (C=O) groups is 1. The molecule has 1 amide bonds. The van der Waals surface area contributed by atoms with Gasteiger partial charge in [0.2, 0.25) is 5.91 Å². The second-order valence-electron chi connectivity index (χ2n) is 8.41. The predicted octanol–water partition coefficient (Wildman–Crippen LogP) is 4.05. The molecule has 3 nitrogen and oxygen atoms in total. The molecule has 1 saturated carbocycles. The number of fused-ring (bicyclic) bond motifs is 2. The second-order valence-corrected chi connectivity index (χ2v) is 8.41. The van der Waals surface area contributed by atoms with Crippen LogP contribution in [-0.4, -0.2) is 24.0 Å². The molecule has 0 spiro atoms. The average molecular weight is 343 g/mol. The molecule has 0 aromatic rings. The van der Waals surface area contributed by atoms with Crippen LogP contribution in [0.15, 0.2) is 0 Å². The average Bonchev–Trinajstić information content (AvgIpc) is 2.84. The van der Waals surface area contributed by atoms with Crippen molar-refractivity contribution >= 4 is 18.3 Å². The van der Waals surface area contributed by atoms with Crippen molar-refractivity contribution < 1.29 is 4.79 Å². The van der Waals surface area contributed by atoms with Gasteiger partial charge in [-0.25, -0.2) is 0 Å². The van der Waals surface area contributed by atoms with Gasteiger partial charge in [-0.15, -0.1) is 12.4 Å². The number of rotatable bonds is 5. The minimum absolute atomic E-state index is 0. The molecular formula is C19H35ClN2O. The molecule has 134 valence electrons. The van der Waals surface area contributed by atoms with Gasteiger partial charge in [-0.3, -0.25) is 4.79 Å². The maximum absolute atomic E-state index is 12.8. The molecule has 2 aliphatic heterocycles. The van der Waals surface area contributed by atoms with Crippen LogP contribution in [0.1, 0.15) is 78.1 Å². The van der Waals surface area contributed by atoms with Gasteiger partial charge >= 0.3 is 0 Å². The van der Waals surface area contributed by atoms with Crippen molar-refractivity contribution in [1.29, 1.82) is 0 Å². The molecule has 2 N–H and O–H groups in total. The summed E-state index contributed by atoms with van der Waals surface area (Å²) in [6.07, 6.45) is 12.8. The highest BCUT2D eigenvalue weighted by atomic mass is 35.5. The zero-order valence-corrected chi connectivity index (χ0v) is 15.7. The van der Waals surface area contributed by atoms with E-state index in [1.54, 1.807) is 0 Å². The molecule has 2 bridgehead atoms. The third kappa shape index (κ3) is 5.09. The molecule has 2 saturated heterocycles. The lowest BCUT2D eigenvalue weighted by molar-refractivity contribution is -0.128. The van der Waals surface area contributed by atoms with Gasteiger partial charge in [0.15, 0.2) is 0 Å². The van der Waals surface area contributed by atoms with Gasteiger partial charge in [0, 0.05) is 24.0 Å². The Kier molecular flexibility index (Phi) is 7.21. The molecule has 0 radical (unpaired) electrons. The lowest BCUT2D eigenvalue weighted by Gasteiger charge is -2.33. The van der Waals surface area contributed by atoms with Crippen LogP contribution in [0.25, 0.3) is 0 Å². The molecule has 4 heteroatoms. The van der Waals surface area contributed by atoms with Crippen LogP contribution in [0, 0.1) is 17.8 Å². The molecule has 3 unspecified atom stereocenters. The first-order valence-electron chi connectivity index (χ1n) is 9.68. The summed E-state index contributed by atoms with van der Waals surface area (Å²) in [4.78, 5) is 12.8. The fourth-order valence-corrected chi connectivity index (χ4v) is 4.95. The van der Waals surface area contributed by atoms with E-state index in [1.165, 1.54) is 44.9 Å². The van der Waals surface area contributed by atoms with E-state index in [-0.39, 0.29) is 18.3 Å². The summed E-state index contributed by atoms with van der Waals surface area (Å²) in [5.41, 5.74) is 0. The predicted molar refractivity (Wildman–Crippen MR) is 97.9 cm³/mol. The minimum Gasteiger partial charge on any atom is -0.353 e. The molecule has 0 aromatic carbocycles.